The van der Waals surface area contributed by atoms with E-state index in [1.165, 1.54) is 71.9 Å². The van der Waals surface area contributed by atoms with E-state index in [9.17, 15) is 57.8 Å². The first-order chi connectivity index (χ1) is 62.7. The molecule has 15 amide bonds. The van der Waals surface area contributed by atoms with Crippen LogP contribution in [0, 0.1) is 35.2 Å². The molecule has 708 valence electrons. The monoisotopic (exact) mass is 1850 g/mol. The Balaban J connectivity index is 1.21. The molecule has 2 aromatic heterocycles. The van der Waals surface area contributed by atoms with E-state index in [2.05, 4.69) is 57.8 Å². The van der Waals surface area contributed by atoms with E-state index in [4.69, 9.17) is 5.73 Å². The molecule has 3 heterocycles. The van der Waals surface area contributed by atoms with Gasteiger partial charge in [-0.2, -0.15) is 0 Å². The minimum Gasteiger partial charge on any atom is -0.508 e. The lowest BCUT2D eigenvalue weighted by Gasteiger charge is -2.37. The number of thioether (sulfide) groups is 1. The molecular weight excluding hydrogens is 1730 g/mol. The van der Waals surface area contributed by atoms with Crippen molar-refractivity contribution in [3.63, 3.8) is 0 Å². The zero-order chi connectivity index (χ0) is 96.7. The predicted molar refractivity (Wildman–Crippen MR) is 483 cm³/mol. The lowest BCUT2D eigenvalue weighted by molar-refractivity contribution is -0.151. The largest absolute Gasteiger partial charge is 0.508 e. The fourth-order valence-electron chi connectivity index (χ4n) is 15.1. The number of fused-ring (bicyclic) bond motifs is 1. The van der Waals surface area contributed by atoms with Gasteiger partial charge in [-0.05, 0) is 101 Å². The van der Waals surface area contributed by atoms with Crippen molar-refractivity contribution in [3.05, 3.63) is 203 Å². The van der Waals surface area contributed by atoms with Crippen LogP contribution >= 0.6 is 11.8 Å². The van der Waals surface area contributed by atoms with Gasteiger partial charge >= 0.3 is 5.97 Å². The average molecular weight is 1850 g/mol. The second kappa shape index (κ2) is 49.9. The molecule has 14 N–H and O–H groups in total. The Morgan fingerprint density at radius 1 is 0.538 bits per heavy atom. The molecule has 8 rings (SSSR count). The standard InChI is InChI=1S/C93H116F3N17O18S/c1-11-12-29-73-91(129)110(7)50-78(117)102-69(44-80(119)120)87(125)108-82(54(4)5)93(131)112(9)74(41-55-22-15-13-16-23-55)88(126)106-70(38-57-30-32-62(114)33-31-57)89(127)109(6)49-77(116)100-47-61(43-60-46-99-66-28-20-19-27-63(60)66)83(121)104-68(39-58-26-21-34-98-45-58)86(124)105-67(35-53(2)3)85(123)107-72(84(122)101-48-76(97)115)51-132-52-79(118)103-71(40-59-36-64(94)81(96)65(95)37-59)90(128)113(10)75(92(130)111(73)8)42-56-24-17-14-18-25-56/h13-28,30-34,36-37,45-46,53-54,61,67-75,82,99,114H,11-12,29,35,38-44,47-52H2,1-10H3,(H2,97,115)(H,100,116)(H,101,122)(H,102,117)(H,103,118)(H,104,121)(H,105,124)(H,106,126)(H,107,123)(H,108,125)(H,119,120)/t61-,67+,68-,69+,70+,71+,72+,73+,74+,75+,82+/m1/s1. The van der Waals surface area contributed by atoms with Gasteiger partial charge in [0, 0.05) is 109 Å². The van der Waals surface area contributed by atoms with Gasteiger partial charge in [-0.3, -0.25) is 81.7 Å². The van der Waals surface area contributed by atoms with Crippen LogP contribution in [-0.4, -0.2) is 273 Å². The van der Waals surface area contributed by atoms with Crippen LogP contribution in [0.3, 0.4) is 0 Å². The van der Waals surface area contributed by atoms with Gasteiger partial charge in [0.2, 0.25) is 88.6 Å². The van der Waals surface area contributed by atoms with Crippen LogP contribution in [0.1, 0.15) is 100 Å². The van der Waals surface area contributed by atoms with Crippen LogP contribution in [0.15, 0.2) is 152 Å². The minimum atomic E-state index is -1.95. The molecule has 0 bridgehead atoms. The maximum atomic E-state index is 15.5. The van der Waals surface area contributed by atoms with E-state index in [-0.39, 0.29) is 68.6 Å². The van der Waals surface area contributed by atoms with E-state index in [1.807, 2.05) is 0 Å². The van der Waals surface area contributed by atoms with Crippen molar-refractivity contribution in [1.82, 2.24) is 82.3 Å². The molecule has 7 aromatic rings. The number of nitrogens with two attached hydrogens (primary N) is 1. The predicted octanol–water partition coefficient (Wildman–Crippen LogP) is 2.68. The lowest BCUT2D eigenvalue weighted by atomic mass is 9.96. The number of phenolic OH excluding ortho intramolecular Hbond substituents is 1. The number of aromatic amines is 1. The molecule has 39 heteroatoms. The normalized spacial score (nSPS) is 21.8. The molecule has 5 aromatic carbocycles. The van der Waals surface area contributed by atoms with Crippen molar-refractivity contribution in [3.8, 4) is 5.75 Å². The summed E-state index contributed by atoms with van der Waals surface area (Å²) in [4.78, 5) is 246. The van der Waals surface area contributed by atoms with Crippen molar-refractivity contribution in [2.75, 3.05) is 72.9 Å². The maximum absolute atomic E-state index is 15.5. The first kappa shape index (κ1) is 104. The molecule has 0 aliphatic carbocycles. The van der Waals surface area contributed by atoms with Crippen molar-refractivity contribution in [2.45, 2.75) is 166 Å². The number of aromatic hydroxyl groups is 1. The number of H-pyrrole nitrogens is 1. The lowest BCUT2D eigenvalue weighted by Crippen LogP contribution is -2.61. The summed E-state index contributed by atoms with van der Waals surface area (Å²) < 4.78 is 44.9. The summed E-state index contributed by atoms with van der Waals surface area (Å²) in [5, 5.41) is 44.8. The second-order valence-electron chi connectivity index (χ2n) is 33.5. The molecule has 0 unspecified atom stereocenters. The number of phenols is 1. The number of nitrogens with one attached hydrogen (secondary N) is 10. The van der Waals surface area contributed by atoms with Gasteiger partial charge in [0.1, 0.15) is 66.2 Å². The number of rotatable bonds is 23. The van der Waals surface area contributed by atoms with Gasteiger partial charge in [-0.15, -0.1) is 11.8 Å². The first-order valence-corrected chi connectivity index (χ1v) is 44.3. The average Bonchev–Trinajstić information content (AvgIpc) is 1.03. The molecule has 1 aliphatic rings. The number of aromatic nitrogens is 2. The fraction of sp³-hybridized carbons (Fsp3) is 0.430. The van der Waals surface area contributed by atoms with Crippen LogP contribution in [0.4, 0.5) is 13.2 Å². The number of para-hydroxylation sites is 1. The highest BCUT2D eigenvalue weighted by Crippen LogP contribution is 2.26. The summed E-state index contributed by atoms with van der Waals surface area (Å²) in [5.41, 5.74) is 8.16. The highest BCUT2D eigenvalue weighted by atomic mass is 32.2. The number of carbonyl (C=O) groups excluding carboxylic acids is 15. The number of carbonyl (C=O) groups is 16. The minimum absolute atomic E-state index is 0.0692. The number of nitrogens with zero attached hydrogens (tertiary/aromatic N) is 6. The third-order valence-electron chi connectivity index (χ3n) is 22.4. The number of pyridine rings is 1. The number of hydrogen-bond acceptors (Lipinski definition) is 19. The van der Waals surface area contributed by atoms with E-state index in [0.717, 1.165) is 24.5 Å². The molecule has 1 saturated heterocycles. The zero-order valence-corrected chi connectivity index (χ0v) is 76.0. The zero-order valence-electron chi connectivity index (χ0n) is 75.2. The second-order valence-corrected chi connectivity index (χ2v) is 34.6. The highest BCUT2D eigenvalue weighted by molar-refractivity contribution is 8.00. The van der Waals surface area contributed by atoms with Crippen LogP contribution in [0.5, 0.6) is 5.75 Å². The number of primary amides is 1. The van der Waals surface area contributed by atoms with Gasteiger partial charge in [0.25, 0.3) is 0 Å². The molecule has 1 fully saturated rings. The Kier molecular flexibility index (Phi) is 39.2. The van der Waals surface area contributed by atoms with Crippen molar-refractivity contribution in [2.24, 2.45) is 23.5 Å². The Morgan fingerprint density at radius 2 is 1.08 bits per heavy atom. The molecular formula is C93H116F3N17O18S. The molecule has 0 saturated carbocycles. The van der Waals surface area contributed by atoms with Crippen LogP contribution in [-0.2, 0) is 115 Å². The smallest absolute Gasteiger partial charge is 0.305 e. The third-order valence-corrected chi connectivity index (χ3v) is 23.4. The van der Waals surface area contributed by atoms with Crippen molar-refractivity contribution >= 4 is 117 Å². The Labute approximate surface area is 766 Å². The summed E-state index contributed by atoms with van der Waals surface area (Å²) in [6.45, 7) is 5.52. The van der Waals surface area contributed by atoms with E-state index >= 15 is 42.3 Å². The first-order valence-electron chi connectivity index (χ1n) is 43.2. The number of hydrogen-bond donors (Lipinski definition) is 13. The SMILES string of the molecule is CCCC[C@H]1C(=O)N(C)CC(=O)N[C@@H](CC(=O)O)C(=O)N[C@@H](C(C)C)C(=O)N(C)[C@@H](Cc2ccccc2)C(=O)N[C@@H](Cc2ccc(O)cc2)C(=O)N(C)CC(=O)NC[C@@H](Cc2c[nH]c3ccccc23)C(=O)N[C@H](Cc2cccnc2)C(=O)N[C@@H](CC(C)C)C(=O)N[C@H](C(=O)NCC(N)=O)CSCC(=O)N[C@@H](Cc2cc(F)c(F)c(F)c2)C(=O)N(C)[C@@H](Cc2ccccc2)C(=O)N1C. The van der Waals surface area contributed by atoms with Crippen LogP contribution < -0.4 is 53.6 Å². The Bertz CT molecular complexity index is 5210. The number of amides is 15. The number of carboxylic acid groups (broad SMARTS) is 1. The van der Waals surface area contributed by atoms with Gasteiger partial charge in [0.15, 0.2) is 17.5 Å². The number of benzene rings is 5. The summed E-state index contributed by atoms with van der Waals surface area (Å²) in [6, 6.07) is 17.6. The number of aliphatic carboxylic acids is 1. The summed E-state index contributed by atoms with van der Waals surface area (Å²) in [6.07, 6.45) is 2.14. The third kappa shape index (κ3) is 30.7. The summed E-state index contributed by atoms with van der Waals surface area (Å²) >= 11 is 0.685. The Hall–Kier alpha value is -13.8. The fourth-order valence-corrected chi connectivity index (χ4v) is 16.0. The summed E-state index contributed by atoms with van der Waals surface area (Å²) in [5.74, 6) is -24.9. The number of likely N-dealkylation sites (N-methyl/N-ethyl adjacent to an activating group) is 5. The van der Waals surface area contributed by atoms with Crippen molar-refractivity contribution in [1.29, 1.82) is 0 Å². The molecule has 35 nitrogen and oxygen atoms in total. The quantitative estimate of drug-likeness (QED) is 0.0409. The van der Waals surface area contributed by atoms with Gasteiger partial charge in [0.05, 0.1) is 37.7 Å². The van der Waals surface area contributed by atoms with Gasteiger partial charge < -0.3 is 93.3 Å². The van der Waals surface area contributed by atoms with E-state index in [1.54, 1.807) is 138 Å². The maximum Gasteiger partial charge on any atom is 0.305 e. The number of unbranched alkanes of at least 4 members (excludes halogenated alkanes) is 1. The molecule has 1 aliphatic heterocycles. The topological polar surface area (TPSA) is 493 Å². The Morgan fingerprint density at radius 3 is 1.69 bits per heavy atom. The molecule has 132 heavy (non-hydrogen) atoms. The highest BCUT2D eigenvalue weighted by Gasteiger charge is 2.42. The van der Waals surface area contributed by atoms with Crippen molar-refractivity contribution < 1.29 is 100 Å². The number of carboxylic acids is 1. The molecule has 0 radical (unpaired) electrons. The van der Waals surface area contributed by atoms with Crippen LogP contribution in [0.2, 0.25) is 0 Å². The van der Waals surface area contributed by atoms with E-state index < -0.39 is 235 Å². The molecule has 11 atom stereocenters. The van der Waals surface area contributed by atoms with Crippen LogP contribution in [0.25, 0.3) is 10.9 Å². The van der Waals surface area contributed by atoms with Gasteiger partial charge in [-0.25, -0.2) is 13.2 Å². The van der Waals surface area contributed by atoms with Gasteiger partial charge in [-0.1, -0.05) is 145 Å². The summed E-state index contributed by atoms with van der Waals surface area (Å²) in [7, 11) is 6.18. The van der Waals surface area contributed by atoms with E-state index in [0.29, 0.717) is 69.0 Å². The number of halogens is 3. The molecule has 0 spiro atoms.